The van der Waals surface area contributed by atoms with Crippen molar-refractivity contribution in [1.29, 1.82) is 0 Å². The van der Waals surface area contributed by atoms with Gasteiger partial charge in [-0.2, -0.15) is 0 Å². The summed E-state index contributed by atoms with van der Waals surface area (Å²) in [4.78, 5) is 10.2. The Balaban J connectivity index is 1.18. The van der Waals surface area contributed by atoms with Gasteiger partial charge in [0.05, 0.1) is 11.0 Å². The molecule has 4 nitrogen and oxygen atoms in total. The van der Waals surface area contributed by atoms with Crippen LogP contribution in [0.25, 0.3) is 49.4 Å². The minimum atomic E-state index is -0.239. The molecule has 238 valence electrons. The first kappa shape index (κ1) is 28.7. The van der Waals surface area contributed by atoms with Gasteiger partial charge >= 0.3 is 0 Å². The van der Waals surface area contributed by atoms with Crippen LogP contribution in [-0.4, -0.2) is 16.2 Å². The summed E-state index contributed by atoms with van der Waals surface area (Å²) in [5.74, 6) is 1.54. The van der Waals surface area contributed by atoms with E-state index in [0.29, 0.717) is 5.84 Å². The van der Waals surface area contributed by atoms with Crippen LogP contribution in [0.15, 0.2) is 168 Å². The molecule has 1 atom stereocenters. The Morgan fingerprint density at radius 3 is 2.02 bits per heavy atom. The highest BCUT2D eigenvalue weighted by atomic mass is 15.2. The highest BCUT2D eigenvalue weighted by Gasteiger charge is 2.39. The van der Waals surface area contributed by atoms with Crippen LogP contribution in [0.2, 0.25) is 0 Å². The van der Waals surface area contributed by atoms with Crippen molar-refractivity contribution in [2.24, 2.45) is 9.98 Å². The average Bonchev–Trinajstić information content (AvgIpc) is 3.65. The molecule has 1 aromatic heterocycles. The van der Waals surface area contributed by atoms with Crippen LogP contribution in [0.5, 0.6) is 0 Å². The predicted molar refractivity (Wildman–Crippen MR) is 208 cm³/mol. The van der Waals surface area contributed by atoms with Crippen molar-refractivity contribution in [2.45, 2.75) is 25.4 Å². The van der Waals surface area contributed by atoms with Gasteiger partial charge in [-0.1, -0.05) is 141 Å². The van der Waals surface area contributed by atoms with Gasteiger partial charge in [0, 0.05) is 38.4 Å². The summed E-state index contributed by atoms with van der Waals surface area (Å²) in [5.41, 5.74) is 12.0. The summed E-state index contributed by atoms with van der Waals surface area (Å²) in [7, 11) is 0. The number of nitrogens with zero attached hydrogens (tertiary/aromatic N) is 3. The van der Waals surface area contributed by atoms with Gasteiger partial charge in [-0.3, -0.25) is 0 Å². The van der Waals surface area contributed by atoms with Gasteiger partial charge in [0.25, 0.3) is 0 Å². The lowest BCUT2D eigenvalue weighted by Crippen LogP contribution is -2.33. The van der Waals surface area contributed by atoms with Crippen molar-refractivity contribution in [3.8, 4) is 16.8 Å². The second-order valence-corrected chi connectivity index (χ2v) is 13.8. The largest absolute Gasteiger partial charge is 0.344 e. The van der Waals surface area contributed by atoms with Gasteiger partial charge in [0.15, 0.2) is 5.84 Å². The average molecular weight is 643 g/mol. The number of aromatic nitrogens is 1. The molecule has 0 saturated carbocycles. The van der Waals surface area contributed by atoms with Crippen LogP contribution in [0.1, 0.15) is 47.8 Å². The summed E-state index contributed by atoms with van der Waals surface area (Å²) >= 11 is 0. The molecule has 1 N–H and O–H groups in total. The van der Waals surface area contributed by atoms with E-state index in [1.807, 2.05) is 24.3 Å². The van der Waals surface area contributed by atoms with Crippen LogP contribution in [-0.2, 0) is 5.41 Å². The Morgan fingerprint density at radius 1 is 0.600 bits per heavy atom. The Hall–Kier alpha value is -6.26. The van der Waals surface area contributed by atoms with Crippen molar-refractivity contribution in [2.75, 3.05) is 0 Å². The SMILES string of the molecule is CC1(C)c2ccccc2-c2c1c1c3ccccc3n(-c3ccc(C4=NC(c5ccccc5)NC(c5ccccc5)=N4)cc3)c1c1ccccc21. The normalized spacial score (nSPS) is 16.2. The third-order valence-corrected chi connectivity index (χ3v) is 10.6. The summed E-state index contributed by atoms with van der Waals surface area (Å²) in [5, 5.41) is 8.75. The molecule has 10 rings (SSSR count). The summed E-state index contributed by atoms with van der Waals surface area (Å²) in [6.07, 6.45) is -0.239. The fourth-order valence-corrected chi connectivity index (χ4v) is 8.36. The van der Waals surface area contributed by atoms with Crippen molar-refractivity contribution in [3.63, 3.8) is 0 Å². The lowest BCUT2D eigenvalue weighted by atomic mass is 9.79. The summed E-state index contributed by atoms with van der Waals surface area (Å²) in [6.45, 7) is 4.78. The third-order valence-electron chi connectivity index (χ3n) is 10.6. The first-order valence-corrected chi connectivity index (χ1v) is 17.3. The van der Waals surface area contributed by atoms with Crippen LogP contribution in [0, 0.1) is 0 Å². The van der Waals surface area contributed by atoms with Gasteiger partial charge in [0.1, 0.15) is 12.0 Å². The Kier molecular flexibility index (Phi) is 6.25. The monoisotopic (exact) mass is 642 g/mol. The van der Waals surface area contributed by atoms with Crippen molar-refractivity contribution < 1.29 is 0 Å². The minimum absolute atomic E-state index is 0.149. The topological polar surface area (TPSA) is 41.7 Å². The maximum atomic E-state index is 5.12. The number of para-hydroxylation sites is 1. The van der Waals surface area contributed by atoms with Crippen LogP contribution in [0.4, 0.5) is 0 Å². The molecular formula is C46H34N4. The molecule has 1 aliphatic carbocycles. The molecule has 1 aliphatic heterocycles. The van der Waals surface area contributed by atoms with E-state index in [0.717, 1.165) is 28.2 Å². The molecule has 8 aromatic rings. The molecule has 0 amide bonds. The Labute approximate surface area is 291 Å². The number of aliphatic imine (C=N–C) groups is 2. The fourth-order valence-electron chi connectivity index (χ4n) is 8.36. The summed E-state index contributed by atoms with van der Waals surface area (Å²) < 4.78 is 2.46. The molecule has 7 aromatic carbocycles. The zero-order chi connectivity index (χ0) is 33.4. The molecule has 0 saturated heterocycles. The lowest BCUT2D eigenvalue weighted by Gasteiger charge is -2.24. The lowest BCUT2D eigenvalue weighted by molar-refractivity contribution is 0.667. The van der Waals surface area contributed by atoms with E-state index in [2.05, 4.69) is 157 Å². The van der Waals surface area contributed by atoms with Crippen LogP contribution in [0.3, 0.4) is 0 Å². The quantitative estimate of drug-likeness (QED) is 0.204. The Bertz CT molecular complexity index is 2680. The van der Waals surface area contributed by atoms with E-state index in [-0.39, 0.29) is 11.6 Å². The molecule has 50 heavy (non-hydrogen) atoms. The molecule has 0 bridgehead atoms. The van der Waals surface area contributed by atoms with E-state index in [1.54, 1.807) is 0 Å². The highest BCUT2D eigenvalue weighted by molar-refractivity contribution is 6.25. The molecule has 1 unspecified atom stereocenters. The smallest absolute Gasteiger partial charge is 0.159 e. The number of hydrogen-bond acceptors (Lipinski definition) is 3. The van der Waals surface area contributed by atoms with E-state index in [4.69, 9.17) is 9.98 Å². The zero-order valence-electron chi connectivity index (χ0n) is 27.9. The Morgan fingerprint density at radius 2 is 1.24 bits per heavy atom. The first-order valence-electron chi connectivity index (χ1n) is 17.3. The van der Waals surface area contributed by atoms with E-state index < -0.39 is 0 Å². The molecule has 4 heteroatoms. The van der Waals surface area contributed by atoms with Crippen LogP contribution < -0.4 is 5.32 Å². The summed E-state index contributed by atoms with van der Waals surface area (Å²) in [6, 6.07) is 56.2. The second kappa shape index (κ2) is 10.9. The molecule has 0 radical (unpaired) electrons. The number of nitrogens with one attached hydrogen (secondary N) is 1. The fraction of sp³-hybridized carbons (Fsp3) is 0.0870. The number of hydrogen-bond donors (Lipinski definition) is 1. The first-order chi connectivity index (χ1) is 24.6. The third kappa shape index (κ3) is 4.18. The molecule has 0 spiro atoms. The maximum Gasteiger partial charge on any atom is 0.159 e. The maximum absolute atomic E-state index is 5.12. The second-order valence-electron chi connectivity index (χ2n) is 13.8. The predicted octanol–water partition coefficient (Wildman–Crippen LogP) is 10.7. The molecular weight excluding hydrogens is 609 g/mol. The standard InChI is InChI=1S/C46H34N4/c1-46(2)37-23-13-11-21-35(37)39-33-19-9-10-20-34(33)42-40(41(39)46)36-22-12-14-24-38(36)50(42)32-27-25-31(26-28-32)45-48-43(29-15-5-3-6-16-29)47-44(49-45)30-17-7-4-8-18-30/h3-28,43H,1-2H3,(H,47,48,49). The van der Waals surface area contributed by atoms with Gasteiger partial charge in [-0.25, -0.2) is 9.98 Å². The van der Waals surface area contributed by atoms with Crippen molar-refractivity contribution in [1.82, 2.24) is 9.88 Å². The van der Waals surface area contributed by atoms with E-state index in [1.165, 1.54) is 54.8 Å². The van der Waals surface area contributed by atoms with Gasteiger partial charge in [-0.05, 0) is 63.5 Å². The van der Waals surface area contributed by atoms with Crippen LogP contribution >= 0.6 is 0 Å². The number of fused-ring (bicyclic) bond motifs is 10. The van der Waals surface area contributed by atoms with E-state index >= 15 is 0 Å². The van der Waals surface area contributed by atoms with Gasteiger partial charge < -0.3 is 9.88 Å². The van der Waals surface area contributed by atoms with Gasteiger partial charge in [-0.15, -0.1) is 0 Å². The number of rotatable bonds is 4. The van der Waals surface area contributed by atoms with Crippen molar-refractivity contribution >= 4 is 44.2 Å². The molecule has 0 fully saturated rings. The molecule has 2 heterocycles. The molecule has 2 aliphatic rings. The van der Waals surface area contributed by atoms with E-state index in [9.17, 15) is 0 Å². The number of benzene rings is 7. The number of amidine groups is 2. The van der Waals surface area contributed by atoms with Gasteiger partial charge in [0.2, 0.25) is 0 Å². The van der Waals surface area contributed by atoms with Crippen molar-refractivity contribution in [3.05, 3.63) is 186 Å². The minimum Gasteiger partial charge on any atom is -0.344 e. The highest BCUT2D eigenvalue weighted by Crippen LogP contribution is 2.56. The zero-order valence-corrected chi connectivity index (χ0v) is 27.9.